The summed E-state index contributed by atoms with van der Waals surface area (Å²) in [7, 11) is 2.17. The van der Waals surface area contributed by atoms with Gasteiger partial charge in [-0.15, -0.1) is 0 Å². The zero-order valence-corrected chi connectivity index (χ0v) is 12.3. The molecule has 1 aromatic rings. The molecule has 1 heterocycles. The molecule has 1 aromatic carbocycles. The van der Waals surface area contributed by atoms with Crippen LogP contribution in [0.15, 0.2) is 24.3 Å². The van der Waals surface area contributed by atoms with E-state index in [1.54, 1.807) is 0 Å². The number of nitrogens with zero attached hydrogens (tertiary/aromatic N) is 1. The number of hydrogen-bond donors (Lipinski definition) is 1. The van der Waals surface area contributed by atoms with Crippen LogP contribution in [0.2, 0.25) is 5.02 Å². The molecule has 0 aromatic heterocycles. The number of anilines is 1. The lowest BCUT2D eigenvalue weighted by Crippen LogP contribution is -2.33. The lowest BCUT2D eigenvalue weighted by Gasteiger charge is -2.27. The highest BCUT2D eigenvalue weighted by Gasteiger charge is 2.15. The van der Waals surface area contributed by atoms with E-state index in [0.717, 1.165) is 43.6 Å². The average molecular weight is 283 g/mol. The van der Waals surface area contributed by atoms with Crippen LogP contribution in [-0.4, -0.2) is 44.8 Å². The number of para-hydroxylation sites is 1. The third kappa shape index (κ3) is 5.01. The molecule has 19 heavy (non-hydrogen) atoms. The van der Waals surface area contributed by atoms with E-state index in [2.05, 4.69) is 17.3 Å². The topological polar surface area (TPSA) is 24.5 Å². The Kier molecular flexibility index (Phi) is 5.95. The molecule has 1 N–H and O–H groups in total. The monoisotopic (exact) mass is 282 g/mol. The summed E-state index contributed by atoms with van der Waals surface area (Å²) < 4.78 is 5.51. The van der Waals surface area contributed by atoms with Crippen LogP contribution < -0.4 is 5.32 Å². The fraction of sp³-hybridized carbons (Fsp3) is 0.600. The molecular weight excluding hydrogens is 260 g/mol. The maximum atomic E-state index is 6.10. The van der Waals surface area contributed by atoms with Gasteiger partial charge in [0.15, 0.2) is 0 Å². The van der Waals surface area contributed by atoms with Crippen molar-refractivity contribution in [3.8, 4) is 0 Å². The highest BCUT2D eigenvalue weighted by molar-refractivity contribution is 6.33. The van der Waals surface area contributed by atoms with Gasteiger partial charge in [0, 0.05) is 26.2 Å². The van der Waals surface area contributed by atoms with Crippen molar-refractivity contribution in [1.29, 1.82) is 0 Å². The summed E-state index contributed by atoms with van der Waals surface area (Å²) in [5, 5.41) is 4.16. The summed E-state index contributed by atoms with van der Waals surface area (Å²) in [5.41, 5.74) is 1.01. The molecule has 1 unspecified atom stereocenters. The number of likely N-dealkylation sites (N-methyl/N-ethyl adjacent to an activating group) is 1. The summed E-state index contributed by atoms with van der Waals surface area (Å²) in [5.74, 6) is 0.694. The number of benzene rings is 1. The molecule has 1 atom stereocenters. The predicted molar refractivity (Wildman–Crippen MR) is 81.0 cm³/mol. The lowest BCUT2D eigenvalue weighted by molar-refractivity contribution is 0.0425. The van der Waals surface area contributed by atoms with Gasteiger partial charge in [-0.1, -0.05) is 23.7 Å². The van der Waals surface area contributed by atoms with Crippen LogP contribution in [0.5, 0.6) is 0 Å². The molecule has 0 bridgehead atoms. The van der Waals surface area contributed by atoms with Gasteiger partial charge in [-0.25, -0.2) is 0 Å². The van der Waals surface area contributed by atoms with Crippen molar-refractivity contribution in [3.05, 3.63) is 29.3 Å². The van der Waals surface area contributed by atoms with Gasteiger partial charge in [-0.3, -0.25) is 0 Å². The zero-order valence-electron chi connectivity index (χ0n) is 11.6. The third-order valence-corrected chi connectivity index (χ3v) is 3.84. The largest absolute Gasteiger partial charge is 0.383 e. The van der Waals surface area contributed by atoms with Crippen LogP contribution in [0.3, 0.4) is 0 Å². The van der Waals surface area contributed by atoms with E-state index >= 15 is 0 Å². The molecule has 1 aliphatic rings. The van der Waals surface area contributed by atoms with E-state index in [1.807, 2.05) is 24.3 Å². The van der Waals surface area contributed by atoms with Crippen molar-refractivity contribution in [2.75, 3.05) is 45.2 Å². The fourth-order valence-corrected chi connectivity index (χ4v) is 2.67. The Hall–Kier alpha value is -0.770. The molecule has 4 heteroatoms. The fourth-order valence-electron chi connectivity index (χ4n) is 2.47. The first kappa shape index (κ1) is 14.6. The van der Waals surface area contributed by atoms with E-state index in [0.29, 0.717) is 5.92 Å². The second-order valence-electron chi connectivity index (χ2n) is 5.25. The Bertz CT molecular complexity index is 380. The van der Waals surface area contributed by atoms with Crippen LogP contribution in [0.1, 0.15) is 12.8 Å². The van der Waals surface area contributed by atoms with Gasteiger partial charge in [0.25, 0.3) is 0 Å². The van der Waals surface area contributed by atoms with Crippen molar-refractivity contribution >= 4 is 17.3 Å². The SMILES string of the molecule is CN(CCNc1ccccc1Cl)CC1CCCOC1. The number of rotatable bonds is 6. The smallest absolute Gasteiger partial charge is 0.0637 e. The number of halogens is 1. The second kappa shape index (κ2) is 7.73. The second-order valence-corrected chi connectivity index (χ2v) is 5.66. The van der Waals surface area contributed by atoms with Crippen LogP contribution in [0.25, 0.3) is 0 Å². The molecule has 106 valence electrons. The molecule has 0 aliphatic carbocycles. The number of hydrogen-bond acceptors (Lipinski definition) is 3. The molecule has 0 spiro atoms. The van der Waals surface area contributed by atoms with Crippen LogP contribution in [0.4, 0.5) is 5.69 Å². The zero-order chi connectivity index (χ0) is 13.5. The number of ether oxygens (including phenoxy) is 1. The van der Waals surface area contributed by atoms with Crippen LogP contribution in [-0.2, 0) is 4.74 Å². The van der Waals surface area contributed by atoms with Gasteiger partial charge < -0.3 is 15.0 Å². The molecule has 1 fully saturated rings. The van der Waals surface area contributed by atoms with Crippen LogP contribution >= 0.6 is 11.6 Å². The van der Waals surface area contributed by atoms with Crippen molar-refractivity contribution in [3.63, 3.8) is 0 Å². The van der Waals surface area contributed by atoms with Crippen LogP contribution in [0, 0.1) is 5.92 Å². The minimum absolute atomic E-state index is 0.694. The molecule has 1 saturated heterocycles. The minimum atomic E-state index is 0.694. The first-order valence-corrected chi connectivity index (χ1v) is 7.38. The van der Waals surface area contributed by atoms with Crippen molar-refractivity contribution in [2.24, 2.45) is 5.92 Å². The quantitative estimate of drug-likeness (QED) is 0.868. The van der Waals surface area contributed by atoms with Gasteiger partial charge in [-0.05, 0) is 37.9 Å². The Morgan fingerprint density at radius 2 is 2.26 bits per heavy atom. The maximum absolute atomic E-state index is 6.10. The van der Waals surface area contributed by atoms with E-state index in [-0.39, 0.29) is 0 Å². The first-order valence-electron chi connectivity index (χ1n) is 7.00. The molecule has 0 saturated carbocycles. The van der Waals surface area contributed by atoms with E-state index in [1.165, 1.54) is 12.8 Å². The van der Waals surface area contributed by atoms with E-state index < -0.39 is 0 Å². The Morgan fingerprint density at radius 1 is 1.42 bits per heavy atom. The normalized spacial score (nSPS) is 19.6. The molecule has 1 aliphatic heterocycles. The van der Waals surface area contributed by atoms with Gasteiger partial charge in [0.05, 0.1) is 17.3 Å². The summed E-state index contributed by atoms with van der Waals surface area (Å²) in [6, 6.07) is 7.87. The van der Waals surface area contributed by atoms with Gasteiger partial charge in [-0.2, -0.15) is 0 Å². The highest BCUT2D eigenvalue weighted by Crippen LogP contribution is 2.20. The Labute approximate surface area is 120 Å². The van der Waals surface area contributed by atoms with E-state index in [9.17, 15) is 0 Å². The summed E-state index contributed by atoms with van der Waals surface area (Å²) >= 11 is 6.10. The van der Waals surface area contributed by atoms with Gasteiger partial charge >= 0.3 is 0 Å². The van der Waals surface area contributed by atoms with Crippen molar-refractivity contribution in [1.82, 2.24) is 4.90 Å². The van der Waals surface area contributed by atoms with Crippen molar-refractivity contribution in [2.45, 2.75) is 12.8 Å². The highest BCUT2D eigenvalue weighted by atomic mass is 35.5. The summed E-state index contributed by atoms with van der Waals surface area (Å²) in [6.07, 6.45) is 2.50. The molecular formula is C15H23ClN2O. The standard InChI is InChI=1S/C15H23ClN2O/c1-18(11-13-5-4-10-19-12-13)9-8-17-15-7-3-2-6-14(15)16/h2-3,6-7,13,17H,4-5,8-12H2,1H3. The lowest BCUT2D eigenvalue weighted by atomic mass is 10.0. The van der Waals surface area contributed by atoms with Gasteiger partial charge in [0.2, 0.25) is 0 Å². The molecule has 0 radical (unpaired) electrons. The Balaban J connectivity index is 1.66. The third-order valence-electron chi connectivity index (χ3n) is 3.51. The van der Waals surface area contributed by atoms with Crippen molar-refractivity contribution < 1.29 is 4.74 Å². The van der Waals surface area contributed by atoms with E-state index in [4.69, 9.17) is 16.3 Å². The molecule has 3 nitrogen and oxygen atoms in total. The molecule has 2 rings (SSSR count). The Morgan fingerprint density at radius 3 is 3.00 bits per heavy atom. The minimum Gasteiger partial charge on any atom is -0.383 e. The summed E-state index contributed by atoms with van der Waals surface area (Å²) in [6.45, 7) is 4.90. The summed E-state index contributed by atoms with van der Waals surface area (Å²) in [4.78, 5) is 2.36. The predicted octanol–water partition coefficient (Wildman–Crippen LogP) is 3.11. The van der Waals surface area contributed by atoms with Gasteiger partial charge in [0.1, 0.15) is 0 Å². The first-order chi connectivity index (χ1) is 9.25. The maximum Gasteiger partial charge on any atom is 0.0637 e. The molecule has 0 amide bonds. The number of nitrogens with one attached hydrogen (secondary N) is 1. The average Bonchev–Trinajstić information content (AvgIpc) is 2.42.